The number of amides is 5. The van der Waals surface area contributed by atoms with Gasteiger partial charge in [-0.1, -0.05) is 50.6 Å². The van der Waals surface area contributed by atoms with Crippen LogP contribution in [0.1, 0.15) is 52.6 Å². The number of aryl methyl sites for hydroxylation is 2. The maximum Gasteiger partial charge on any atom is 0.266 e. The summed E-state index contributed by atoms with van der Waals surface area (Å²) >= 11 is 1.22. The predicted molar refractivity (Wildman–Crippen MR) is 160 cm³/mol. The Hall–Kier alpha value is -3.84. The minimum atomic E-state index is -1.02. The number of hydrogen-bond acceptors (Lipinski definition) is 8. The van der Waals surface area contributed by atoms with Crippen LogP contribution in [0.5, 0.6) is 0 Å². The standard InChI is InChI=1S/C30H40N6O6S/c1-5-17(2)25-29(41)36-15-21(37)14-23(36)28(40)33-22(13-20-9-7-6-8-10-20)27(39)31-11-12-35(16-24(38)34-25)30(42)26-18(3)32-19(4)43-26/h6-10,17,21-23,25,37H,5,11-16H2,1-4H3,(H,31,39)(H,33,40)(H,34,38)/t17-,21+,22-,23-,25-/m0/s1. The molecule has 5 atom stereocenters. The molecule has 1 aromatic carbocycles. The van der Waals surface area contributed by atoms with Gasteiger partial charge in [0.15, 0.2) is 0 Å². The van der Waals surface area contributed by atoms with Gasteiger partial charge >= 0.3 is 0 Å². The van der Waals surface area contributed by atoms with Gasteiger partial charge in [0.2, 0.25) is 23.6 Å². The minimum Gasteiger partial charge on any atom is -0.391 e. The van der Waals surface area contributed by atoms with Crippen LogP contribution in [-0.2, 0) is 25.6 Å². The highest BCUT2D eigenvalue weighted by atomic mass is 32.1. The molecule has 1 aromatic heterocycles. The fourth-order valence-corrected chi connectivity index (χ4v) is 6.34. The van der Waals surface area contributed by atoms with E-state index in [1.165, 1.54) is 21.1 Å². The second-order valence-electron chi connectivity index (χ2n) is 11.2. The first-order chi connectivity index (χ1) is 20.5. The molecule has 0 aliphatic carbocycles. The maximum atomic E-state index is 13.9. The van der Waals surface area contributed by atoms with Crippen LogP contribution in [0.25, 0.3) is 0 Å². The van der Waals surface area contributed by atoms with Crippen LogP contribution in [0, 0.1) is 19.8 Å². The molecule has 0 bridgehead atoms. The van der Waals surface area contributed by atoms with Crippen LogP contribution >= 0.6 is 11.3 Å². The normalized spacial score (nSPS) is 24.8. The number of aliphatic hydroxyl groups is 1. The van der Waals surface area contributed by atoms with Crippen molar-refractivity contribution in [3.63, 3.8) is 0 Å². The molecule has 12 nitrogen and oxygen atoms in total. The molecule has 2 aliphatic rings. The van der Waals surface area contributed by atoms with Crippen molar-refractivity contribution in [1.82, 2.24) is 30.7 Å². The zero-order valence-corrected chi connectivity index (χ0v) is 25.8. The Morgan fingerprint density at radius 2 is 1.84 bits per heavy atom. The largest absolute Gasteiger partial charge is 0.391 e. The summed E-state index contributed by atoms with van der Waals surface area (Å²) < 4.78 is 0. The van der Waals surface area contributed by atoms with Crippen molar-refractivity contribution in [2.24, 2.45) is 5.92 Å². The number of benzene rings is 1. The van der Waals surface area contributed by atoms with Crippen molar-refractivity contribution < 1.29 is 29.1 Å². The summed E-state index contributed by atoms with van der Waals surface area (Å²) in [5.74, 6) is -2.77. The number of fused-ring (bicyclic) bond motifs is 1. The Morgan fingerprint density at radius 3 is 2.49 bits per heavy atom. The number of nitrogens with zero attached hydrogens (tertiary/aromatic N) is 3. The number of aromatic nitrogens is 1. The van der Waals surface area contributed by atoms with Crippen molar-refractivity contribution in [3.8, 4) is 0 Å². The molecule has 0 saturated carbocycles. The molecule has 232 valence electrons. The molecule has 43 heavy (non-hydrogen) atoms. The molecule has 2 aromatic rings. The molecular formula is C30H40N6O6S. The molecule has 0 spiro atoms. The van der Waals surface area contributed by atoms with E-state index >= 15 is 0 Å². The van der Waals surface area contributed by atoms with Gasteiger partial charge < -0.3 is 30.9 Å². The van der Waals surface area contributed by atoms with Gasteiger partial charge in [-0.05, 0) is 25.3 Å². The fraction of sp³-hybridized carbons (Fsp3) is 0.533. The topological polar surface area (TPSA) is 161 Å². The van der Waals surface area contributed by atoms with Gasteiger partial charge in [0, 0.05) is 32.5 Å². The third-order valence-corrected chi connectivity index (χ3v) is 9.04. The summed E-state index contributed by atoms with van der Waals surface area (Å²) in [5.41, 5.74) is 1.37. The molecule has 4 rings (SSSR count). The van der Waals surface area contributed by atoms with Gasteiger partial charge in [0.05, 0.1) is 23.4 Å². The van der Waals surface area contributed by atoms with E-state index < -0.39 is 53.8 Å². The van der Waals surface area contributed by atoms with Crippen molar-refractivity contribution in [2.75, 3.05) is 26.2 Å². The second kappa shape index (κ2) is 14.1. The minimum absolute atomic E-state index is 0.00825. The van der Waals surface area contributed by atoms with E-state index in [1.807, 2.05) is 44.2 Å². The molecule has 5 amide bonds. The maximum absolute atomic E-state index is 13.9. The van der Waals surface area contributed by atoms with E-state index in [4.69, 9.17) is 0 Å². The number of aliphatic hydroxyl groups excluding tert-OH is 1. The van der Waals surface area contributed by atoms with Crippen molar-refractivity contribution >= 4 is 40.9 Å². The Kier molecular flexibility index (Phi) is 10.5. The Labute approximate surface area is 255 Å². The summed E-state index contributed by atoms with van der Waals surface area (Å²) in [7, 11) is 0. The fourth-order valence-electron chi connectivity index (χ4n) is 5.45. The zero-order valence-electron chi connectivity index (χ0n) is 25.0. The molecule has 0 radical (unpaired) electrons. The molecule has 13 heteroatoms. The van der Waals surface area contributed by atoms with Crippen LogP contribution < -0.4 is 16.0 Å². The lowest BCUT2D eigenvalue weighted by molar-refractivity contribution is -0.143. The Balaban J connectivity index is 1.68. The number of carbonyl (C=O) groups is 5. The van der Waals surface area contributed by atoms with Crippen LogP contribution in [0.4, 0.5) is 0 Å². The Morgan fingerprint density at radius 1 is 1.12 bits per heavy atom. The van der Waals surface area contributed by atoms with Gasteiger partial charge in [0.25, 0.3) is 5.91 Å². The Bertz CT molecular complexity index is 1350. The first kappa shape index (κ1) is 32.1. The highest BCUT2D eigenvalue weighted by molar-refractivity contribution is 7.13. The van der Waals surface area contributed by atoms with Crippen LogP contribution in [0.2, 0.25) is 0 Å². The number of thiazole rings is 1. The summed E-state index contributed by atoms with van der Waals surface area (Å²) in [6.45, 7) is 6.84. The van der Waals surface area contributed by atoms with E-state index in [-0.39, 0.29) is 44.9 Å². The van der Waals surface area contributed by atoms with Crippen LogP contribution in [-0.4, -0.2) is 99.8 Å². The average Bonchev–Trinajstić information content (AvgIpc) is 3.54. The summed E-state index contributed by atoms with van der Waals surface area (Å²) in [5, 5.41) is 19.6. The quantitative estimate of drug-likeness (QED) is 0.384. The number of carbonyl (C=O) groups excluding carboxylic acids is 5. The monoisotopic (exact) mass is 612 g/mol. The summed E-state index contributed by atoms with van der Waals surface area (Å²) in [6.07, 6.45) is -0.177. The summed E-state index contributed by atoms with van der Waals surface area (Å²) in [6, 6.07) is 6.24. The van der Waals surface area contributed by atoms with Crippen LogP contribution in [0.15, 0.2) is 30.3 Å². The van der Waals surface area contributed by atoms with Gasteiger partial charge in [-0.15, -0.1) is 11.3 Å². The first-order valence-electron chi connectivity index (χ1n) is 14.6. The van der Waals surface area contributed by atoms with Crippen molar-refractivity contribution in [2.45, 2.75) is 71.2 Å². The SMILES string of the molecule is CC[C@H](C)[C@@H]1NC(=O)CN(C(=O)c2sc(C)nc2C)CCNC(=O)[C@H](Cc2ccccc2)NC(=O)[C@@H]2C[C@@H](O)CN2C1=O. The van der Waals surface area contributed by atoms with E-state index in [0.29, 0.717) is 22.0 Å². The third-order valence-electron chi connectivity index (χ3n) is 7.98. The summed E-state index contributed by atoms with van der Waals surface area (Å²) in [4.78, 5) is 75.2. The van der Waals surface area contributed by atoms with Gasteiger partial charge in [0.1, 0.15) is 23.0 Å². The molecule has 2 fully saturated rings. The third kappa shape index (κ3) is 7.77. The first-order valence-corrected chi connectivity index (χ1v) is 15.4. The molecule has 0 unspecified atom stereocenters. The highest BCUT2D eigenvalue weighted by Crippen LogP contribution is 2.23. The van der Waals surface area contributed by atoms with Crippen molar-refractivity contribution in [3.05, 3.63) is 51.5 Å². The molecule has 3 heterocycles. The van der Waals surface area contributed by atoms with E-state index in [9.17, 15) is 29.1 Å². The lowest BCUT2D eigenvalue weighted by Gasteiger charge is -2.32. The molecule has 4 N–H and O–H groups in total. The second-order valence-corrected chi connectivity index (χ2v) is 12.4. The number of hydrogen-bond donors (Lipinski definition) is 4. The number of rotatable bonds is 5. The molecule has 2 saturated heterocycles. The zero-order chi connectivity index (χ0) is 31.3. The van der Waals surface area contributed by atoms with Crippen LogP contribution in [0.3, 0.4) is 0 Å². The predicted octanol–water partition coefficient (Wildman–Crippen LogP) is 0.552. The van der Waals surface area contributed by atoms with E-state index in [1.54, 1.807) is 13.8 Å². The highest BCUT2D eigenvalue weighted by Gasteiger charge is 2.43. The van der Waals surface area contributed by atoms with Gasteiger partial charge in [-0.2, -0.15) is 0 Å². The lowest BCUT2D eigenvalue weighted by Crippen LogP contribution is -2.58. The molecular weight excluding hydrogens is 572 g/mol. The smallest absolute Gasteiger partial charge is 0.266 e. The number of nitrogens with one attached hydrogen (secondary N) is 3. The molecule has 2 aliphatic heterocycles. The van der Waals surface area contributed by atoms with Gasteiger partial charge in [-0.3, -0.25) is 24.0 Å². The average molecular weight is 613 g/mol. The van der Waals surface area contributed by atoms with E-state index in [0.717, 1.165) is 5.56 Å². The van der Waals surface area contributed by atoms with Crippen molar-refractivity contribution in [1.29, 1.82) is 0 Å². The van der Waals surface area contributed by atoms with Gasteiger partial charge in [-0.25, -0.2) is 4.98 Å². The van der Waals surface area contributed by atoms with E-state index in [2.05, 4.69) is 20.9 Å². The lowest BCUT2D eigenvalue weighted by atomic mass is 9.97.